The molecule has 0 spiro atoms. The quantitative estimate of drug-likeness (QED) is 0.683. The molecule has 29 heavy (non-hydrogen) atoms. The largest absolute Gasteiger partial charge is 0.444 e. The van der Waals surface area contributed by atoms with Gasteiger partial charge in [0.05, 0.1) is 5.02 Å². The first-order valence-corrected chi connectivity index (χ1v) is 9.08. The summed E-state index contributed by atoms with van der Waals surface area (Å²) in [4.78, 5) is 36.7. The number of anilines is 1. The van der Waals surface area contributed by atoms with Gasteiger partial charge in [-0.3, -0.25) is 19.7 Å². The molecule has 1 aromatic carbocycles. The lowest BCUT2D eigenvalue weighted by Gasteiger charge is -2.22. The Balaban J connectivity index is 2.07. The van der Waals surface area contributed by atoms with E-state index in [2.05, 4.69) is 16.1 Å². The van der Waals surface area contributed by atoms with Gasteiger partial charge in [0.1, 0.15) is 23.2 Å². The second-order valence-corrected chi connectivity index (χ2v) is 7.60. The van der Waals surface area contributed by atoms with Gasteiger partial charge in [0.2, 0.25) is 0 Å². The van der Waals surface area contributed by atoms with Crippen LogP contribution in [0.3, 0.4) is 0 Å². The molecule has 8 nitrogen and oxygen atoms in total. The Morgan fingerprint density at radius 1 is 1.21 bits per heavy atom. The van der Waals surface area contributed by atoms with E-state index in [1.165, 1.54) is 37.4 Å². The van der Waals surface area contributed by atoms with Gasteiger partial charge in [0.25, 0.3) is 11.8 Å². The summed E-state index contributed by atoms with van der Waals surface area (Å²) in [5.41, 5.74) is 1.92. The third kappa shape index (κ3) is 6.49. The summed E-state index contributed by atoms with van der Waals surface area (Å²) in [5, 5.41) is 4.97. The van der Waals surface area contributed by atoms with Crippen molar-refractivity contribution in [3.63, 3.8) is 0 Å². The summed E-state index contributed by atoms with van der Waals surface area (Å²) in [6.45, 7) is 6.55. The predicted molar refractivity (Wildman–Crippen MR) is 107 cm³/mol. The smallest absolute Gasteiger partial charge is 0.408 e. The summed E-state index contributed by atoms with van der Waals surface area (Å²) in [7, 11) is 0. The number of amides is 3. The van der Waals surface area contributed by atoms with Gasteiger partial charge in [0.15, 0.2) is 0 Å². The van der Waals surface area contributed by atoms with E-state index in [1.54, 1.807) is 20.8 Å². The Kier molecular flexibility index (Phi) is 6.86. The topological polar surface area (TPSA) is 101 Å². The average molecular weight is 425 g/mol. The zero-order valence-electron chi connectivity index (χ0n) is 16.4. The molecule has 0 aliphatic heterocycles. The number of benzene rings is 1. The van der Waals surface area contributed by atoms with E-state index in [4.69, 9.17) is 16.3 Å². The number of carbonyl (C=O) groups excluding carboxylic acids is 3. The molecule has 0 unspecified atom stereocenters. The zero-order valence-corrected chi connectivity index (χ0v) is 17.1. The van der Waals surface area contributed by atoms with Crippen LogP contribution in [0.15, 0.2) is 36.5 Å². The van der Waals surface area contributed by atoms with Crippen molar-refractivity contribution in [2.45, 2.75) is 39.3 Å². The number of ether oxygens (including phenoxy) is 1. The van der Waals surface area contributed by atoms with Crippen molar-refractivity contribution in [3.8, 4) is 0 Å². The number of hydrogen-bond donors (Lipinski definition) is 3. The van der Waals surface area contributed by atoms with Crippen LogP contribution >= 0.6 is 11.6 Å². The number of halogens is 2. The van der Waals surface area contributed by atoms with Gasteiger partial charge in [-0.05, 0) is 52.0 Å². The summed E-state index contributed by atoms with van der Waals surface area (Å²) in [6.07, 6.45) is 0.621. The second-order valence-electron chi connectivity index (χ2n) is 7.19. The Labute approximate surface area is 172 Å². The van der Waals surface area contributed by atoms with Crippen LogP contribution in [0.2, 0.25) is 5.02 Å². The number of alkyl carbamates (subject to hydrolysis) is 1. The first kappa shape index (κ1) is 22.2. The third-order valence-electron chi connectivity index (χ3n) is 3.49. The van der Waals surface area contributed by atoms with Gasteiger partial charge < -0.3 is 15.4 Å². The summed E-state index contributed by atoms with van der Waals surface area (Å²) >= 11 is 6.06. The number of rotatable bonds is 5. The van der Waals surface area contributed by atoms with Gasteiger partial charge in [-0.25, -0.2) is 9.18 Å². The molecule has 0 aliphatic carbocycles. The number of aromatic nitrogens is 1. The van der Waals surface area contributed by atoms with E-state index >= 15 is 0 Å². The minimum atomic E-state index is -0.954. The van der Waals surface area contributed by atoms with Gasteiger partial charge in [-0.15, -0.1) is 0 Å². The molecule has 0 saturated carbocycles. The van der Waals surface area contributed by atoms with Crippen LogP contribution in [-0.2, 0) is 9.53 Å². The van der Waals surface area contributed by atoms with Gasteiger partial charge >= 0.3 is 6.09 Å². The van der Waals surface area contributed by atoms with Gasteiger partial charge in [0, 0.05) is 11.9 Å². The van der Waals surface area contributed by atoms with E-state index in [-0.39, 0.29) is 16.4 Å². The number of nitrogens with one attached hydrogen (secondary N) is 3. The van der Waals surface area contributed by atoms with Crippen LogP contribution in [0, 0.1) is 5.82 Å². The van der Waals surface area contributed by atoms with Crippen molar-refractivity contribution in [1.82, 2.24) is 9.99 Å². The molecule has 2 aromatic rings. The normalized spacial score (nSPS) is 12.1. The number of hydrogen-bond acceptors (Lipinski definition) is 4. The summed E-state index contributed by atoms with van der Waals surface area (Å²) in [6, 6.07) is 5.79. The lowest BCUT2D eigenvalue weighted by atomic mass is 10.2. The first-order valence-electron chi connectivity index (χ1n) is 8.70. The average Bonchev–Trinajstić information content (AvgIpc) is 2.93. The highest BCUT2D eigenvalue weighted by Crippen LogP contribution is 2.19. The third-order valence-corrected chi connectivity index (χ3v) is 3.80. The molecule has 1 aromatic heterocycles. The molecule has 10 heteroatoms. The first-order chi connectivity index (χ1) is 13.5. The molecule has 1 heterocycles. The fourth-order valence-corrected chi connectivity index (χ4v) is 2.47. The minimum absolute atomic E-state index is 0.0613. The monoisotopic (exact) mass is 424 g/mol. The zero-order chi connectivity index (χ0) is 21.8. The maximum atomic E-state index is 13.3. The number of carbonyl (C=O) groups is 3. The van der Waals surface area contributed by atoms with Crippen LogP contribution in [-0.4, -0.2) is 34.2 Å². The van der Waals surface area contributed by atoms with Crippen molar-refractivity contribution in [2.24, 2.45) is 0 Å². The lowest BCUT2D eigenvalue weighted by Crippen LogP contribution is -2.46. The van der Waals surface area contributed by atoms with E-state index in [0.29, 0.717) is 0 Å². The van der Waals surface area contributed by atoms with Crippen molar-refractivity contribution in [2.75, 3.05) is 10.7 Å². The maximum Gasteiger partial charge on any atom is 0.408 e. The predicted octanol–water partition coefficient (Wildman–Crippen LogP) is 3.52. The Hall–Kier alpha value is -3.07. The molecular formula is C19H22ClFN4O4. The highest BCUT2D eigenvalue weighted by Gasteiger charge is 2.23. The fourth-order valence-electron chi connectivity index (χ4n) is 2.24. The van der Waals surface area contributed by atoms with Crippen LogP contribution < -0.4 is 16.1 Å². The standard InChI is InChI=1S/C19H22ClFN4O4/c1-11(22-18(28)29-19(2,3)4)16(26)24-25-9-8-14(20)15(25)17(27)23-13-7-5-6-12(21)10-13/h5-11H,1-4H3,(H,22,28)(H,23,27)(H,24,26)/t11-/m0/s1. The van der Waals surface area contributed by atoms with Crippen molar-refractivity contribution in [3.05, 3.63) is 53.1 Å². The fraction of sp³-hybridized carbons (Fsp3) is 0.316. The Morgan fingerprint density at radius 2 is 1.90 bits per heavy atom. The van der Waals surface area contributed by atoms with E-state index in [1.807, 2.05) is 0 Å². The highest BCUT2D eigenvalue weighted by atomic mass is 35.5. The highest BCUT2D eigenvalue weighted by molar-refractivity contribution is 6.34. The molecule has 156 valence electrons. The van der Waals surface area contributed by atoms with Crippen molar-refractivity contribution in [1.29, 1.82) is 0 Å². The van der Waals surface area contributed by atoms with Crippen molar-refractivity contribution >= 4 is 35.2 Å². The number of nitrogens with zero attached hydrogens (tertiary/aromatic N) is 1. The molecule has 1 atom stereocenters. The van der Waals surface area contributed by atoms with Gasteiger partial charge in [-0.2, -0.15) is 0 Å². The second kappa shape index (κ2) is 8.95. The molecule has 0 saturated heterocycles. The molecule has 0 aliphatic rings. The molecule has 3 amide bonds. The van der Waals surface area contributed by atoms with E-state index < -0.39 is 35.4 Å². The molecular weight excluding hydrogens is 403 g/mol. The van der Waals surface area contributed by atoms with E-state index in [9.17, 15) is 18.8 Å². The van der Waals surface area contributed by atoms with Crippen LogP contribution in [0.4, 0.5) is 14.9 Å². The lowest BCUT2D eigenvalue weighted by molar-refractivity contribution is -0.118. The molecule has 0 bridgehead atoms. The van der Waals surface area contributed by atoms with Crippen LogP contribution in [0.1, 0.15) is 38.2 Å². The molecule has 0 fully saturated rings. The molecule has 3 N–H and O–H groups in total. The maximum absolute atomic E-state index is 13.3. The van der Waals surface area contributed by atoms with Crippen molar-refractivity contribution < 1.29 is 23.5 Å². The molecule has 2 rings (SSSR count). The summed E-state index contributed by atoms with van der Waals surface area (Å²) < 4.78 is 19.5. The van der Waals surface area contributed by atoms with Crippen LogP contribution in [0.5, 0.6) is 0 Å². The Bertz CT molecular complexity index is 923. The van der Waals surface area contributed by atoms with Crippen LogP contribution in [0.25, 0.3) is 0 Å². The van der Waals surface area contributed by atoms with Gasteiger partial charge in [-0.1, -0.05) is 17.7 Å². The van der Waals surface area contributed by atoms with E-state index in [0.717, 1.165) is 10.7 Å². The SMILES string of the molecule is C[C@H](NC(=O)OC(C)(C)C)C(=O)Nn1ccc(Cl)c1C(=O)Nc1cccc(F)c1. The summed E-state index contributed by atoms with van der Waals surface area (Å²) in [5.74, 6) is -1.78. The molecule has 0 radical (unpaired) electrons. The Morgan fingerprint density at radius 3 is 2.52 bits per heavy atom. The minimum Gasteiger partial charge on any atom is -0.444 e.